The SMILES string of the molecule is CCNC(=NCc1ccnn1C)NCCNc1nc2ccccc2s1. The van der Waals surface area contributed by atoms with Crippen molar-refractivity contribution in [1.29, 1.82) is 0 Å². The number of aliphatic imine (C=N–C) groups is 1. The van der Waals surface area contributed by atoms with Crippen molar-refractivity contribution in [3.63, 3.8) is 0 Å². The zero-order chi connectivity index (χ0) is 17.5. The molecule has 7 nitrogen and oxygen atoms in total. The van der Waals surface area contributed by atoms with Crippen LogP contribution in [-0.4, -0.2) is 40.4 Å². The molecule has 0 spiro atoms. The van der Waals surface area contributed by atoms with Crippen LogP contribution < -0.4 is 16.0 Å². The van der Waals surface area contributed by atoms with Gasteiger partial charge in [-0.25, -0.2) is 9.98 Å². The van der Waals surface area contributed by atoms with Gasteiger partial charge >= 0.3 is 0 Å². The maximum atomic E-state index is 4.59. The molecule has 0 aliphatic heterocycles. The number of aryl methyl sites for hydroxylation is 1. The molecular weight excluding hydrogens is 334 g/mol. The monoisotopic (exact) mass is 357 g/mol. The van der Waals surface area contributed by atoms with Gasteiger partial charge in [-0.2, -0.15) is 5.10 Å². The van der Waals surface area contributed by atoms with Crippen LogP contribution in [0.1, 0.15) is 12.6 Å². The minimum Gasteiger partial charge on any atom is -0.360 e. The molecule has 0 saturated heterocycles. The number of guanidine groups is 1. The number of nitrogens with one attached hydrogen (secondary N) is 3. The van der Waals surface area contributed by atoms with Crippen molar-refractivity contribution in [1.82, 2.24) is 25.4 Å². The second kappa shape index (κ2) is 8.48. The van der Waals surface area contributed by atoms with Gasteiger partial charge in [0.15, 0.2) is 11.1 Å². The molecule has 2 heterocycles. The van der Waals surface area contributed by atoms with Gasteiger partial charge in [0.1, 0.15) is 0 Å². The lowest BCUT2D eigenvalue weighted by Gasteiger charge is -2.11. The van der Waals surface area contributed by atoms with Crippen molar-refractivity contribution in [2.75, 3.05) is 25.0 Å². The third-order valence-corrected chi connectivity index (χ3v) is 4.65. The van der Waals surface area contributed by atoms with E-state index in [-0.39, 0.29) is 0 Å². The number of aromatic nitrogens is 3. The average Bonchev–Trinajstić information content (AvgIpc) is 3.21. The first-order valence-corrected chi connectivity index (χ1v) is 9.16. The van der Waals surface area contributed by atoms with Crippen LogP contribution in [0.4, 0.5) is 5.13 Å². The van der Waals surface area contributed by atoms with E-state index >= 15 is 0 Å². The molecule has 0 radical (unpaired) electrons. The van der Waals surface area contributed by atoms with Gasteiger partial charge < -0.3 is 16.0 Å². The molecule has 0 saturated carbocycles. The number of hydrogen-bond donors (Lipinski definition) is 3. The normalized spacial score (nSPS) is 11.7. The number of nitrogens with zero attached hydrogens (tertiary/aromatic N) is 4. The number of thiazole rings is 1. The van der Waals surface area contributed by atoms with E-state index in [0.29, 0.717) is 6.54 Å². The second-order valence-electron chi connectivity index (χ2n) is 5.48. The molecule has 0 aliphatic rings. The Bertz CT molecular complexity index is 803. The highest BCUT2D eigenvalue weighted by molar-refractivity contribution is 7.22. The lowest BCUT2D eigenvalue weighted by Crippen LogP contribution is -2.39. The van der Waals surface area contributed by atoms with Crippen LogP contribution in [0, 0.1) is 0 Å². The molecule has 3 aromatic rings. The molecule has 0 unspecified atom stereocenters. The predicted octanol–water partition coefficient (Wildman–Crippen LogP) is 2.20. The van der Waals surface area contributed by atoms with Crippen LogP contribution in [0.3, 0.4) is 0 Å². The van der Waals surface area contributed by atoms with Crippen LogP contribution in [0.15, 0.2) is 41.5 Å². The van der Waals surface area contributed by atoms with E-state index in [1.165, 1.54) is 4.70 Å². The molecule has 2 aromatic heterocycles. The Morgan fingerprint density at radius 2 is 2.08 bits per heavy atom. The number of benzene rings is 1. The summed E-state index contributed by atoms with van der Waals surface area (Å²) in [5.74, 6) is 0.801. The van der Waals surface area contributed by atoms with Crippen LogP contribution in [0.2, 0.25) is 0 Å². The van der Waals surface area contributed by atoms with Crippen molar-refractivity contribution in [3.05, 3.63) is 42.2 Å². The Kier molecular flexibility index (Phi) is 5.84. The fraction of sp³-hybridized carbons (Fsp3) is 0.353. The summed E-state index contributed by atoms with van der Waals surface area (Å²) in [6.45, 7) is 5.00. The van der Waals surface area contributed by atoms with Gasteiger partial charge in [0.05, 0.1) is 22.5 Å². The quantitative estimate of drug-likeness (QED) is 0.343. The highest BCUT2D eigenvalue weighted by Crippen LogP contribution is 2.24. The molecule has 0 amide bonds. The molecule has 3 rings (SSSR count). The Hall–Kier alpha value is -2.61. The summed E-state index contributed by atoms with van der Waals surface area (Å²) in [4.78, 5) is 9.16. The summed E-state index contributed by atoms with van der Waals surface area (Å²) >= 11 is 1.67. The fourth-order valence-electron chi connectivity index (χ4n) is 2.36. The molecule has 0 atom stereocenters. The summed E-state index contributed by atoms with van der Waals surface area (Å²) in [6.07, 6.45) is 1.78. The minimum absolute atomic E-state index is 0.594. The summed E-state index contributed by atoms with van der Waals surface area (Å²) in [5.41, 5.74) is 2.11. The standard InChI is InChI=1S/C17H23N7S/c1-3-18-16(21-12-13-8-9-22-24(13)2)19-10-11-20-17-23-14-6-4-5-7-15(14)25-17/h4-9H,3,10-12H2,1-2H3,(H,20,23)(H2,18,19,21). The first kappa shape index (κ1) is 17.2. The first-order chi connectivity index (χ1) is 12.3. The van der Waals surface area contributed by atoms with E-state index in [9.17, 15) is 0 Å². The van der Waals surface area contributed by atoms with Crippen LogP contribution >= 0.6 is 11.3 Å². The molecule has 0 bridgehead atoms. The molecule has 132 valence electrons. The zero-order valence-electron chi connectivity index (χ0n) is 14.5. The molecule has 0 aliphatic carbocycles. The number of anilines is 1. The lowest BCUT2D eigenvalue weighted by atomic mass is 10.3. The molecular formula is C17H23N7S. The Labute approximate surface area is 151 Å². The highest BCUT2D eigenvalue weighted by atomic mass is 32.1. The molecule has 8 heteroatoms. The Balaban J connectivity index is 1.48. The zero-order valence-corrected chi connectivity index (χ0v) is 15.3. The predicted molar refractivity (Wildman–Crippen MR) is 104 cm³/mol. The highest BCUT2D eigenvalue weighted by Gasteiger charge is 2.03. The van der Waals surface area contributed by atoms with E-state index in [2.05, 4.69) is 44.0 Å². The summed E-state index contributed by atoms with van der Waals surface area (Å²) in [7, 11) is 1.92. The van der Waals surface area contributed by atoms with Crippen molar-refractivity contribution in [2.45, 2.75) is 13.5 Å². The summed E-state index contributed by atoms with van der Waals surface area (Å²) in [5, 5.41) is 15.0. The topological polar surface area (TPSA) is 79.2 Å². The maximum Gasteiger partial charge on any atom is 0.191 e. The number of fused-ring (bicyclic) bond motifs is 1. The summed E-state index contributed by atoms with van der Waals surface area (Å²) in [6, 6.07) is 10.1. The van der Waals surface area contributed by atoms with Gasteiger partial charge in [-0.15, -0.1) is 0 Å². The largest absolute Gasteiger partial charge is 0.360 e. The van der Waals surface area contributed by atoms with Gasteiger partial charge in [-0.3, -0.25) is 4.68 Å². The van der Waals surface area contributed by atoms with Gasteiger partial charge in [-0.05, 0) is 25.1 Å². The van der Waals surface area contributed by atoms with Gasteiger partial charge in [0.2, 0.25) is 0 Å². The average molecular weight is 357 g/mol. The molecule has 3 N–H and O–H groups in total. The van der Waals surface area contributed by atoms with Crippen molar-refractivity contribution in [2.24, 2.45) is 12.0 Å². The fourth-order valence-corrected chi connectivity index (χ4v) is 3.25. The number of hydrogen-bond acceptors (Lipinski definition) is 5. The van der Waals surface area contributed by atoms with E-state index in [4.69, 9.17) is 0 Å². The van der Waals surface area contributed by atoms with Crippen LogP contribution in [-0.2, 0) is 13.6 Å². The number of rotatable bonds is 7. The summed E-state index contributed by atoms with van der Waals surface area (Å²) < 4.78 is 3.03. The van der Waals surface area contributed by atoms with E-state index in [0.717, 1.165) is 41.9 Å². The molecule has 25 heavy (non-hydrogen) atoms. The third-order valence-electron chi connectivity index (χ3n) is 3.65. The van der Waals surface area contributed by atoms with E-state index in [1.54, 1.807) is 17.5 Å². The van der Waals surface area contributed by atoms with Gasteiger partial charge in [0.25, 0.3) is 0 Å². The number of para-hydroxylation sites is 1. The molecule has 0 fully saturated rings. The van der Waals surface area contributed by atoms with Crippen LogP contribution in [0.5, 0.6) is 0 Å². The van der Waals surface area contributed by atoms with Gasteiger partial charge in [-0.1, -0.05) is 23.5 Å². The lowest BCUT2D eigenvalue weighted by molar-refractivity contribution is 0.707. The smallest absolute Gasteiger partial charge is 0.191 e. The van der Waals surface area contributed by atoms with E-state index in [1.807, 2.05) is 36.0 Å². The van der Waals surface area contributed by atoms with Crippen molar-refractivity contribution >= 4 is 32.6 Å². The van der Waals surface area contributed by atoms with E-state index < -0.39 is 0 Å². The van der Waals surface area contributed by atoms with Gasteiger partial charge in [0, 0.05) is 32.9 Å². The molecule has 1 aromatic carbocycles. The van der Waals surface area contributed by atoms with Crippen molar-refractivity contribution in [3.8, 4) is 0 Å². The maximum absolute atomic E-state index is 4.59. The van der Waals surface area contributed by atoms with Crippen molar-refractivity contribution < 1.29 is 0 Å². The Morgan fingerprint density at radius 1 is 1.20 bits per heavy atom. The third kappa shape index (κ3) is 4.69. The Morgan fingerprint density at radius 3 is 2.84 bits per heavy atom. The second-order valence-corrected chi connectivity index (χ2v) is 6.51. The first-order valence-electron chi connectivity index (χ1n) is 8.34. The van der Waals surface area contributed by atoms with Crippen LogP contribution in [0.25, 0.3) is 10.2 Å². The minimum atomic E-state index is 0.594.